The summed E-state index contributed by atoms with van der Waals surface area (Å²) in [4.78, 5) is 13.7. The fraction of sp³-hybridized carbons (Fsp3) is 0.250. The van der Waals surface area contributed by atoms with Crippen LogP contribution in [0.5, 0.6) is 0 Å². The van der Waals surface area contributed by atoms with E-state index in [1.165, 1.54) is 0 Å². The molecule has 1 aliphatic rings. The third-order valence-electron chi connectivity index (χ3n) is 4.37. The molecule has 6 heteroatoms. The summed E-state index contributed by atoms with van der Waals surface area (Å²) in [6.07, 6.45) is 2.83. The van der Waals surface area contributed by atoms with Crippen molar-refractivity contribution in [2.24, 2.45) is 0 Å². The SMILES string of the molecule is CCC(=O)N1CCc2ccc(NS(=O)(=O)/C=C/c3ccccc3)cc2C1. The number of hydrogen-bond donors (Lipinski definition) is 1. The maximum atomic E-state index is 12.3. The van der Waals surface area contributed by atoms with Crippen LogP contribution in [0.4, 0.5) is 5.69 Å². The number of carbonyl (C=O) groups is 1. The molecule has 0 bridgehead atoms. The van der Waals surface area contributed by atoms with Gasteiger partial charge in [0.25, 0.3) is 10.0 Å². The molecule has 1 heterocycles. The van der Waals surface area contributed by atoms with Crippen molar-refractivity contribution in [3.05, 3.63) is 70.6 Å². The van der Waals surface area contributed by atoms with E-state index in [1.54, 1.807) is 12.1 Å². The number of nitrogens with one attached hydrogen (secondary N) is 1. The lowest BCUT2D eigenvalue weighted by molar-refractivity contribution is -0.131. The number of amides is 1. The smallest absolute Gasteiger partial charge is 0.255 e. The Morgan fingerprint density at radius 3 is 2.65 bits per heavy atom. The Morgan fingerprint density at radius 1 is 1.15 bits per heavy atom. The van der Waals surface area contributed by atoms with Crippen molar-refractivity contribution in [3.8, 4) is 0 Å². The van der Waals surface area contributed by atoms with Crippen LogP contribution in [0.2, 0.25) is 0 Å². The Bertz CT molecular complexity index is 921. The maximum Gasteiger partial charge on any atom is 0.255 e. The van der Waals surface area contributed by atoms with Gasteiger partial charge < -0.3 is 4.90 Å². The second-order valence-corrected chi connectivity index (χ2v) is 7.83. The van der Waals surface area contributed by atoms with Gasteiger partial charge >= 0.3 is 0 Å². The molecule has 0 unspecified atom stereocenters. The summed E-state index contributed by atoms with van der Waals surface area (Å²) in [6.45, 7) is 3.09. The minimum atomic E-state index is -3.60. The average Bonchev–Trinajstić information content (AvgIpc) is 2.66. The summed E-state index contributed by atoms with van der Waals surface area (Å²) >= 11 is 0. The van der Waals surface area contributed by atoms with Gasteiger partial charge in [-0.3, -0.25) is 9.52 Å². The fourth-order valence-corrected chi connectivity index (χ4v) is 3.85. The maximum absolute atomic E-state index is 12.3. The zero-order valence-corrected chi connectivity index (χ0v) is 15.5. The van der Waals surface area contributed by atoms with E-state index in [0.29, 0.717) is 25.2 Å². The summed E-state index contributed by atoms with van der Waals surface area (Å²) in [5.41, 5.74) is 3.47. The van der Waals surface area contributed by atoms with Crippen LogP contribution in [0.15, 0.2) is 53.9 Å². The molecule has 0 aromatic heterocycles. The van der Waals surface area contributed by atoms with Gasteiger partial charge in [-0.25, -0.2) is 8.42 Å². The predicted molar refractivity (Wildman–Crippen MR) is 104 cm³/mol. The van der Waals surface area contributed by atoms with Gasteiger partial charge in [-0.1, -0.05) is 43.3 Å². The predicted octanol–water partition coefficient (Wildman–Crippen LogP) is 3.39. The lowest BCUT2D eigenvalue weighted by Crippen LogP contribution is -2.35. The van der Waals surface area contributed by atoms with E-state index in [0.717, 1.165) is 28.5 Å². The van der Waals surface area contributed by atoms with Crippen LogP contribution in [0.3, 0.4) is 0 Å². The van der Waals surface area contributed by atoms with Crippen molar-refractivity contribution in [1.29, 1.82) is 0 Å². The zero-order chi connectivity index (χ0) is 18.6. The van der Waals surface area contributed by atoms with E-state index in [-0.39, 0.29) is 5.91 Å². The molecule has 0 aliphatic carbocycles. The molecule has 1 amide bonds. The van der Waals surface area contributed by atoms with Gasteiger partial charge in [0, 0.05) is 25.2 Å². The number of fused-ring (bicyclic) bond motifs is 1. The second-order valence-electron chi connectivity index (χ2n) is 6.26. The highest BCUT2D eigenvalue weighted by molar-refractivity contribution is 7.95. The molecule has 26 heavy (non-hydrogen) atoms. The highest BCUT2D eigenvalue weighted by Crippen LogP contribution is 2.24. The molecule has 1 aliphatic heterocycles. The highest BCUT2D eigenvalue weighted by Gasteiger charge is 2.20. The van der Waals surface area contributed by atoms with Crippen LogP contribution >= 0.6 is 0 Å². The largest absolute Gasteiger partial charge is 0.338 e. The van der Waals surface area contributed by atoms with Crippen molar-refractivity contribution in [1.82, 2.24) is 4.90 Å². The first-order valence-corrected chi connectivity index (χ1v) is 10.2. The summed E-state index contributed by atoms with van der Waals surface area (Å²) in [7, 11) is -3.60. The van der Waals surface area contributed by atoms with E-state index in [1.807, 2.05) is 54.3 Å². The van der Waals surface area contributed by atoms with E-state index in [4.69, 9.17) is 0 Å². The zero-order valence-electron chi connectivity index (χ0n) is 14.7. The monoisotopic (exact) mass is 370 g/mol. The van der Waals surface area contributed by atoms with Crippen molar-refractivity contribution in [2.75, 3.05) is 11.3 Å². The molecular weight excluding hydrogens is 348 g/mol. The summed E-state index contributed by atoms with van der Waals surface area (Å²) in [5, 5.41) is 1.16. The van der Waals surface area contributed by atoms with E-state index in [9.17, 15) is 13.2 Å². The first-order valence-electron chi connectivity index (χ1n) is 8.62. The molecule has 2 aromatic carbocycles. The summed E-state index contributed by atoms with van der Waals surface area (Å²) < 4.78 is 27.2. The third kappa shape index (κ3) is 4.52. The van der Waals surface area contributed by atoms with Crippen molar-refractivity contribution >= 4 is 27.7 Å². The first kappa shape index (κ1) is 18.2. The van der Waals surface area contributed by atoms with Crippen LogP contribution in [0.25, 0.3) is 6.08 Å². The van der Waals surface area contributed by atoms with Crippen molar-refractivity contribution in [2.45, 2.75) is 26.3 Å². The molecule has 0 saturated heterocycles. The van der Waals surface area contributed by atoms with Crippen LogP contribution in [0, 0.1) is 0 Å². The van der Waals surface area contributed by atoms with Gasteiger partial charge in [-0.05, 0) is 41.3 Å². The topological polar surface area (TPSA) is 66.5 Å². The molecule has 136 valence electrons. The van der Waals surface area contributed by atoms with Crippen LogP contribution in [-0.2, 0) is 27.8 Å². The van der Waals surface area contributed by atoms with Crippen molar-refractivity contribution in [3.63, 3.8) is 0 Å². The van der Waals surface area contributed by atoms with Crippen molar-refractivity contribution < 1.29 is 13.2 Å². The van der Waals surface area contributed by atoms with Gasteiger partial charge in [-0.2, -0.15) is 0 Å². The highest BCUT2D eigenvalue weighted by atomic mass is 32.2. The Morgan fingerprint density at radius 2 is 1.92 bits per heavy atom. The molecule has 0 spiro atoms. The Labute approximate surface area is 154 Å². The molecule has 2 aromatic rings. The Kier molecular flexibility index (Phi) is 5.42. The van der Waals surface area contributed by atoms with E-state index in [2.05, 4.69) is 4.72 Å². The van der Waals surface area contributed by atoms with Crippen LogP contribution < -0.4 is 4.72 Å². The van der Waals surface area contributed by atoms with Gasteiger partial charge in [-0.15, -0.1) is 0 Å². The van der Waals surface area contributed by atoms with Gasteiger partial charge in [0.2, 0.25) is 5.91 Å². The van der Waals surface area contributed by atoms with E-state index < -0.39 is 10.0 Å². The second kappa shape index (κ2) is 7.74. The fourth-order valence-electron chi connectivity index (χ4n) is 2.99. The standard InChI is InChI=1S/C20H22N2O3S/c1-2-20(23)22-12-10-17-8-9-19(14-18(17)15-22)21-26(24,25)13-11-16-6-4-3-5-7-16/h3-9,11,13-14,21H,2,10,12,15H2,1H3/b13-11+. The summed E-state index contributed by atoms with van der Waals surface area (Å²) in [6, 6.07) is 14.8. The lowest BCUT2D eigenvalue weighted by Gasteiger charge is -2.29. The lowest BCUT2D eigenvalue weighted by atomic mass is 9.99. The van der Waals surface area contributed by atoms with Crippen LogP contribution in [-0.4, -0.2) is 25.8 Å². The number of nitrogens with zero attached hydrogens (tertiary/aromatic N) is 1. The molecule has 5 nitrogen and oxygen atoms in total. The number of anilines is 1. The molecule has 3 rings (SSSR count). The molecule has 0 radical (unpaired) electrons. The molecule has 0 atom stereocenters. The quantitative estimate of drug-likeness (QED) is 0.877. The number of sulfonamides is 1. The molecule has 1 N–H and O–H groups in total. The number of hydrogen-bond acceptors (Lipinski definition) is 3. The van der Waals surface area contributed by atoms with Gasteiger partial charge in [0.1, 0.15) is 0 Å². The summed E-state index contributed by atoms with van der Waals surface area (Å²) in [5.74, 6) is 0.118. The normalized spacial score (nSPS) is 14.3. The molecule has 0 fully saturated rings. The Balaban J connectivity index is 1.74. The third-order valence-corrected chi connectivity index (χ3v) is 5.39. The van der Waals surface area contributed by atoms with Gasteiger partial charge in [0.15, 0.2) is 0 Å². The average molecular weight is 370 g/mol. The first-order chi connectivity index (χ1) is 12.5. The van der Waals surface area contributed by atoms with E-state index >= 15 is 0 Å². The Hall–Kier alpha value is -2.60. The number of carbonyl (C=O) groups excluding carboxylic acids is 1. The van der Waals surface area contributed by atoms with Crippen LogP contribution in [0.1, 0.15) is 30.0 Å². The number of rotatable bonds is 5. The molecular formula is C20H22N2O3S. The minimum Gasteiger partial charge on any atom is -0.338 e. The molecule has 0 saturated carbocycles. The minimum absolute atomic E-state index is 0.118. The number of benzene rings is 2. The van der Waals surface area contributed by atoms with Gasteiger partial charge in [0.05, 0.1) is 5.41 Å².